The number of aliphatic hydroxyl groups is 1. The minimum absolute atomic E-state index is 0.0513. The average molecular weight is 473 g/mol. The molecule has 3 fully saturated rings. The van der Waals surface area contributed by atoms with E-state index in [1.54, 1.807) is 23.4 Å². The van der Waals surface area contributed by atoms with Gasteiger partial charge in [-0.2, -0.15) is 4.98 Å². The maximum Gasteiger partial charge on any atom is 0.228 e. The number of nitrogens with one attached hydrogen (secondary N) is 1. The smallest absolute Gasteiger partial charge is 0.228 e. The molecular weight excluding hydrogens is 443 g/mol. The van der Waals surface area contributed by atoms with E-state index in [9.17, 15) is 14.3 Å². The summed E-state index contributed by atoms with van der Waals surface area (Å²) in [4.78, 5) is 34.0. The second-order valence-electron chi connectivity index (χ2n) is 9.11. The first-order chi connectivity index (χ1) is 16.5. The van der Waals surface area contributed by atoms with E-state index in [1.807, 2.05) is 4.90 Å². The van der Waals surface area contributed by atoms with Crippen LogP contribution in [0.2, 0.25) is 0 Å². The SMILES string of the molecule is Nc1ncc(-c2cc(N[C@@]3(CCO)CCN(C(=O)[C@H]4C[C@H]4F)C3)nc(N3CCOCC3)n2)cn1. The first kappa shape index (κ1) is 22.7. The lowest BCUT2D eigenvalue weighted by Crippen LogP contribution is -2.44. The highest BCUT2D eigenvalue weighted by atomic mass is 19.1. The number of nitrogens with two attached hydrogens (primary N) is 1. The van der Waals surface area contributed by atoms with E-state index in [0.717, 1.165) is 0 Å². The highest BCUT2D eigenvalue weighted by Gasteiger charge is 2.49. The zero-order valence-corrected chi connectivity index (χ0v) is 18.9. The molecule has 34 heavy (non-hydrogen) atoms. The third-order valence-corrected chi connectivity index (χ3v) is 6.65. The van der Waals surface area contributed by atoms with E-state index in [1.165, 1.54) is 0 Å². The van der Waals surface area contributed by atoms with Gasteiger partial charge in [-0.3, -0.25) is 4.79 Å². The summed E-state index contributed by atoms with van der Waals surface area (Å²) in [6.45, 7) is 3.34. The van der Waals surface area contributed by atoms with Gasteiger partial charge >= 0.3 is 0 Å². The summed E-state index contributed by atoms with van der Waals surface area (Å²) in [5, 5.41) is 13.3. The van der Waals surface area contributed by atoms with Crippen LogP contribution in [0.25, 0.3) is 11.3 Å². The van der Waals surface area contributed by atoms with Gasteiger partial charge < -0.3 is 30.7 Å². The number of halogens is 1. The number of hydrogen-bond donors (Lipinski definition) is 3. The zero-order chi connectivity index (χ0) is 23.7. The molecule has 2 aliphatic heterocycles. The molecule has 3 aliphatic rings. The Kier molecular flexibility index (Phi) is 6.17. The third kappa shape index (κ3) is 4.73. The fraction of sp³-hybridized carbons (Fsp3) is 0.591. The number of rotatable bonds is 7. The predicted octanol–water partition coefficient (Wildman–Crippen LogP) is 0.476. The number of carbonyl (C=O) groups is 1. The van der Waals surface area contributed by atoms with E-state index >= 15 is 0 Å². The Bertz CT molecular complexity index is 1040. The summed E-state index contributed by atoms with van der Waals surface area (Å²) < 4.78 is 18.9. The molecule has 2 aromatic heterocycles. The minimum atomic E-state index is -1.03. The molecule has 4 N–H and O–H groups in total. The molecule has 11 nitrogen and oxygen atoms in total. The lowest BCUT2D eigenvalue weighted by Gasteiger charge is -2.32. The van der Waals surface area contributed by atoms with Gasteiger partial charge in [0.15, 0.2) is 0 Å². The lowest BCUT2D eigenvalue weighted by molar-refractivity contribution is -0.132. The quantitative estimate of drug-likeness (QED) is 0.520. The van der Waals surface area contributed by atoms with Crippen LogP contribution in [-0.4, -0.2) is 93.6 Å². The normalized spacial score (nSPS) is 26.5. The van der Waals surface area contributed by atoms with Crippen molar-refractivity contribution in [2.24, 2.45) is 5.92 Å². The summed E-state index contributed by atoms with van der Waals surface area (Å²) in [5.74, 6) is 0.622. The van der Waals surface area contributed by atoms with Crippen LogP contribution >= 0.6 is 0 Å². The molecule has 0 radical (unpaired) electrons. The summed E-state index contributed by atoms with van der Waals surface area (Å²) in [6.07, 6.45) is 3.55. The predicted molar refractivity (Wildman–Crippen MR) is 123 cm³/mol. The fourth-order valence-electron chi connectivity index (χ4n) is 4.59. The van der Waals surface area contributed by atoms with Crippen LogP contribution in [-0.2, 0) is 9.53 Å². The number of alkyl halides is 1. The van der Waals surface area contributed by atoms with Crippen molar-refractivity contribution in [1.29, 1.82) is 0 Å². The molecule has 1 saturated carbocycles. The van der Waals surface area contributed by atoms with Gasteiger partial charge in [0, 0.05) is 56.8 Å². The molecule has 0 unspecified atom stereocenters. The second kappa shape index (κ2) is 9.26. The average Bonchev–Trinajstić information content (AvgIpc) is 3.44. The molecule has 1 amide bonds. The second-order valence-corrected chi connectivity index (χ2v) is 9.11. The highest BCUT2D eigenvalue weighted by Crippen LogP contribution is 2.38. The molecule has 0 spiro atoms. The van der Waals surface area contributed by atoms with Crippen molar-refractivity contribution in [3.8, 4) is 11.3 Å². The highest BCUT2D eigenvalue weighted by molar-refractivity contribution is 5.82. The number of anilines is 3. The molecule has 5 rings (SSSR count). The summed E-state index contributed by atoms with van der Waals surface area (Å²) in [7, 11) is 0. The Hall–Kier alpha value is -3.12. The largest absolute Gasteiger partial charge is 0.396 e. The van der Waals surface area contributed by atoms with Crippen LogP contribution in [0.1, 0.15) is 19.3 Å². The molecule has 3 atom stereocenters. The molecule has 1 aliphatic carbocycles. The molecular formula is C22H29FN8O3. The number of nitrogens with zero attached hydrogens (tertiary/aromatic N) is 6. The summed E-state index contributed by atoms with van der Waals surface area (Å²) in [6, 6.07) is 1.81. The maximum absolute atomic E-state index is 13.5. The van der Waals surface area contributed by atoms with Crippen molar-refractivity contribution in [3.05, 3.63) is 18.5 Å². The van der Waals surface area contributed by atoms with Crippen molar-refractivity contribution in [1.82, 2.24) is 24.8 Å². The van der Waals surface area contributed by atoms with E-state index < -0.39 is 17.6 Å². The molecule has 4 heterocycles. The number of carbonyl (C=O) groups excluding carboxylic acids is 1. The topological polar surface area (TPSA) is 143 Å². The molecule has 12 heteroatoms. The Morgan fingerprint density at radius 3 is 2.68 bits per heavy atom. The van der Waals surface area contributed by atoms with Crippen LogP contribution in [0.3, 0.4) is 0 Å². The van der Waals surface area contributed by atoms with Crippen LogP contribution in [0, 0.1) is 5.92 Å². The van der Waals surface area contributed by atoms with Crippen molar-refractivity contribution in [3.63, 3.8) is 0 Å². The standard InChI is InChI=1S/C22H29FN8O3/c23-16-9-15(16)19(33)31-3-1-22(13-31,2-6-32)29-18-10-17(14-11-25-20(24)26-12-14)27-21(28-18)30-4-7-34-8-5-30/h10-12,15-16,32H,1-9,13H2,(H2,24,25,26)(H,27,28,29)/t15-,16+,22+/m0/s1. The van der Waals surface area contributed by atoms with Gasteiger partial charge in [0.05, 0.1) is 30.4 Å². The summed E-state index contributed by atoms with van der Waals surface area (Å²) >= 11 is 0. The van der Waals surface area contributed by atoms with Gasteiger partial charge in [-0.25, -0.2) is 19.3 Å². The van der Waals surface area contributed by atoms with E-state index in [-0.39, 0.29) is 18.5 Å². The maximum atomic E-state index is 13.5. The Morgan fingerprint density at radius 2 is 2.00 bits per heavy atom. The van der Waals surface area contributed by atoms with E-state index in [2.05, 4.69) is 15.3 Å². The lowest BCUT2D eigenvalue weighted by atomic mass is 9.94. The first-order valence-corrected chi connectivity index (χ1v) is 11.6. The molecule has 2 saturated heterocycles. The zero-order valence-electron chi connectivity index (χ0n) is 18.9. The van der Waals surface area contributed by atoms with Crippen molar-refractivity contribution in [2.45, 2.75) is 31.0 Å². The van der Waals surface area contributed by atoms with Crippen LogP contribution in [0.4, 0.5) is 22.1 Å². The first-order valence-electron chi connectivity index (χ1n) is 11.6. The number of aromatic nitrogens is 4. The van der Waals surface area contributed by atoms with Gasteiger partial charge in [-0.15, -0.1) is 0 Å². The number of amides is 1. The third-order valence-electron chi connectivity index (χ3n) is 6.65. The Labute approximate surface area is 196 Å². The van der Waals surface area contributed by atoms with Gasteiger partial charge in [0.2, 0.25) is 17.8 Å². The monoisotopic (exact) mass is 472 g/mol. The van der Waals surface area contributed by atoms with Gasteiger partial charge in [-0.05, 0) is 19.3 Å². The number of likely N-dealkylation sites (tertiary alicyclic amines) is 1. The number of hydrogen-bond acceptors (Lipinski definition) is 10. The van der Waals surface area contributed by atoms with Crippen molar-refractivity contribution >= 4 is 23.6 Å². The fourth-order valence-corrected chi connectivity index (χ4v) is 4.59. The molecule has 2 aromatic rings. The number of nitrogen functional groups attached to an aromatic ring is 1. The summed E-state index contributed by atoms with van der Waals surface area (Å²) in [5.41, 5.74) is 6.39. The molecule has 0 aromatic carbocycles. The van der Waals surface area contributed by atoms with Crippen molar-refractivity contribution in [2.75, 3.05) is 62.0 Å². The van der Waals surface area contributed by atoms with Crippen LogP contribution in [0.15, 0.2) is 18.5 Å². The van der Waals surface area contributed by atoms with E-state index in [0.29, 0.717) is 81.7 Å². The van der Waals surface area contributed by atoms with Crippen LogP contribution < -0.4 is 16.0 Å². The van der Waals surface area contributed by atoms with Crippen LogP contribution in [0.5, 0.6) is 0 Å². The molecule has 0 bridgehead atoms. The van der Waals surface area contributed by atoms with Gasteiger partial charge in [-0.1, -0.05) is 0 Å². The van der Waals surface area contributed by atoms with Gasteiger partial charge in [0.25, 0.3) is 0 Å². The van der Waals surface area contributed by atoms with Crippen molar-refractivity contribution < 1.29 is 19.0 Å². The Balaban J connectivity index is 1.44. The van der Waals surface area contributed by atoms with E-state index in [4.69, 9.17) is 20.4 Å². The van der Waals surface area contributed by atoms with Gasteiger partial charge in [0.1, 0.15) is 12.0 Å². The Morgan fingerprint density at radius 1 is 1.26 bits per heavy atom. The number of aliphatic hydroxyl groups excluding tert-OH is 1. The molecule has 182 valence electrons. The minimum Gasteiger partial charge on any atom is -0.396 e. The number of ether oxygens (including phenoxy) is 1. The number of morpholine rings is 1.